The summed E-state index contributed by atoms with van der Waals surface area (Å²) in [7, 11) is 0. The Balaban J connectivity index is 1.87. The molecule has 4 rings (SSSR count). The van der Waals surface area contributed by atoms with E-state index in [0.717, 1.165) is 13.1 Å². The smallest absolute Gasteiger partial charge is 0.0616 e. The molecular weight excluding hydrogens is 244 g/mol. The molecule has 0 radical (unpaired) electrons. The Morgan fingerprint density at radius 3 is 2.15 bits per heavy atom. The molecule has 102 valence electrons. The Bertz CT molecular complexity index is 589. The van der Waals surface area contributed by atoms with E-state index in [-0.39, 0.29) is 0 Å². The average molecular weight is 264 g/mol. The van der Waals surface area contributed by atoms with Crippen molar-refractivity contribution >= 4 is 0 Å². The fourth-order valence-corrected chi connectivity index (χ4v) is 3.94. The van der Waals surface area contributed by atoms with Crippen molar-refractivity contribution in [2.45, 2.75) is 24.9 Å². The first kappa shape index (κ1) is 12.1. The molecule has 1 saturated heterocycles. The summed E-state index contributed by atoms with van der Waals surface area (Å²) < 4.78 is 0. The number of nitrogens with two attached hydrogens (primary N) is 1. The third kappa shape index (κ3) is 1.65. The Labute approximate surface area is 120 Å². The molecule has 2 N–H and O–H groups in total. The van der Waals surface area contributed by atoms with Crippen molar-refractivity contribution in [1.29, 1.82) is 0 Å². The van der Waals surface area contributed by atoms with E-state index in [1.165, 1.54) is 35.1 Å². The zero-order chi connectivity index (χ0) is 13.5. The van der Waals surface area contributed by atoms with Gasteiger partial charge in [-0.15, -0.1) is 0 Å². The average Bonchev–Trinajstić information content (AvgIpc) is 3.08. The minimum absolute atomic E-state index is 0.401. The Kier molecular flexibility index (Phi) is 2.86. The van der Waals surface area contributed by atoms with E-state index in [2.05, 4.69) is 53.4 Å². The van der Waals surface area contributed by atoms with Crippen LogP contribution in [-0.2, 0) is 0 Å². The molecule has 1 fully saturated rings. The lowest BCUT2D eigenvalue weighted by Gasteiger charge is -2.31. The van der Waals surface area contributed by atoms with E-state index in [1.807, 2.05) is 0 Å². The molecule has 2 aromatic carbocycles. The summed E-state index contributed by atoms with van der Waals surface area (Å²) in [5.74, 6) is 0. The van der Waals surface area contributed by atoms with Gasteiger partial charge in [0, 0.05) is 12.6 Å². The maximum atomic E-state index is 5.99. The van der Waals surface area contributed by atoms with Crippen molar-refractivity contribution in [3.8, 4) is 11.1 Å². The van der Waals surface area contributed by atoms with Gasteiger partial charge in [0.05, 0.1) is 6.04 Å². The summed E-state index contributed by atoms with van der Waals surface area (Å²) in [6.07, 6.45) is 2.50. The molecule has 1 atom stereocenters. The maximum absolute atomic E-state index is 5.99. The lowest BCUT2D eigenvalue weighted by Crippen LogP contribution is -2.38. The summed E-state index contributed by atoms with van der Waals surface area (Å²) in [5.41, 5.74) is 11.7. The second kappa shape index (κ2) is 4.72. The Morgan fingerprint density at radius 1 is 0.950 bits per heavy atom. The topological polar surface area (TPSA) is 29.3 Å². The van der Waals surface area contributed by atoms with Gasteiger partial charge in [0.2, 0.25) is 0 Å². The largest absolute Gasteiger partial charge is 0.329 e. The van der Waals surface area contributed by atoms with Gasteiger partial charge in [-0.1, -0.05) is 48.5 Å². The van der Waals surface area contributed by atoms with Crippen LogP contribution < -0.4 is 5.73 Å². The standard InChI is InChI=1S/C18H20N2/c19-12-13-6-5-11-20(13)18-16-9-3-1-7-14(16)15-8-2-4-10-17(15)18/h1-4,7-10,13,18H,5-6,11-12,19H2. The van der Waals surface area contributed by atoms with Gasteiger partial charge in [-0.05, 0) is 41.6 Å². The summed E-state index contributed by atoms with van der Waals surface area (Å²) in [6.45, 7) is 1.93. The normalized spacial score (nSPS) is 21.9. The van der Waals surface area contributed by atoms with Gasteiger partial charge < -0.3 is 5.73 Å². The number of hydrogen-bond donors (Lipinski definition) is 1. The van der Waals surface area contributed by atoms with E-state index in [0.29, 0.717) is 12.1 Å². The van der Waals surface area contributed by atoms with Crippen LogP contribution in [-0.4, -0.2) is 24.0 Å². The van der Waals surface area contributed by atoms with Crippen LogP contribution in [0, 0.1) is 0 Å². The van der Waals surface area contributed by atoms with Gasteiger partial charge >= 0.3 is 0 Å². The first-order valence-corrected chi connectivity index (χ1v) is 7.54. The van der Waals surface area contributed by atoms with Crippen molar-refractivity contribution in [2.24, 2.45) is 5.73 Å². The summed E-state index contributed by atoms with van der Waals surface area (Å²) >= 11 is 0. The van der Waals surface area contributed by atoms with E-state index >= 15 is 0 Å². The molecule has 0 amide bonds. The fraction of sp³-hybridized carbons (Fsp3) is 0.333. The summed E-state index contributed by atoms with van der Waals surface area (Å²) in [5, 5.41) is 0. The van der Waals surface area contributed by atoms with E-state index in [4.69, 9.17) is 5.73 Å². The third-order valence-corrected chi connectivity index (χ3v) is 4.83. The van der Waals surface area contributed by atoms with Crippen LogP contribution in [0.25, 0.3) is 11.1 Å². The van der Waals surface area contributed by atoms with Crippen LogP contribution >= 0.6 is 0 Å². The first-order valence-electron chi connectivity index (χ1n) is 7.54. The molecule has 0 spiro atoms. The highest BCUT2D eigenvalue weighted by Crippen LogP contribution is 2.47. The highest BCUT2D eigenvalue weighted by molar-refractivity contribution is 5.78. The summed E-state index contributed by atoms with van der Waals surface area (Å²) in [6, 6.07) is 18.6. The van der Waals surface area contributed by atoms with Gasteiger partial charge in [0.25, 0.3) is 0 Å². The lowest BCUT2D eigenvalue weighted by molar-refractivity contribution is 0.214. The highest BCUT2D eigenvalue weighted by Gasteiger charge is 2.37. The number of rotatable bonds is 2. The Morgan fingerprint density at radius 2 is 1.55 bits per heavy atom. The molecule has 0 bridgehead atoms. The molecule has 2 heteroatoms. The van der Waals surface area contributed by atoms with Crippen LogP contribution in [0.15, 0.2) is 48.5 Å². The molecule has 1 aliphatic heterocycles. The number of nitrogens with zero attached hydrogens (tertiary/aromatic N) is 1. The van der Waals surface area contributed by atoms with Gasteiger partial charge in [0.1, 0.15) is 0 Å². The number of hydrogen-bond acceptors (Lipinski definition) is 2. The van der Waals surface area contributed by atoms with Crippen LogP contribution in [0.2, 0.25) is 0 Å². The lowest BCUT2D eigenvalue weighted by atomic mass is 10.0. The highest BCUT2D eigenvalue weighted by atomic mass is 15.2. The molecule has 20 heavy (non-hydrogen) atoms. The number of likely N-dealkylation sites (tertiary alicyclic amines) is 1. The van der Waals surface area contributed by atoms with Crippen LogP contribution in [0.4, 0.5) is 0 Å². The third-order valence-electron chi connectivity index (χ3n) is 4.83. The molecule has 2 aromatic rings. The van der Waals surface area contributed by atoms with Gasteiger partial charge in [-0.25, -0.2) is 0 Å². The van der Waals surface area contributed by atoms with Crippen LogP contribution in [0.5, 0.6) is 0 Å². The summed E-state index contributed by atoms with van der Waals surface area (Å²) in [4.78, 5) is 2.62. The van der Waals surface area contributed by atoms with Gasteiger partial charge in [-0.3, -0.25) is 4.90 Å². The molecule has 0 saturated carbocycles. The first-order chi connectivity index (χ1) is 9.90. The van der Waals surface area contributed by atoms with Crippen LogP contribution in [0.3, 0.4) is 0 Å². The minimum atomic E-state index is 0.401. The second-order valence-corrected chi connectivity index (χ2v) is 5.85. The maximum Gasteiger partial charge on any atom is 0.0616 e. The molecule has 1 heterocycles. The molecule has 2 aliphatic rings. The number of fused-ring (bicyclic) bond motifs is 3. The van der Waals surface area contributed by atoms with Crippen molar-refractivity contribution in [3.05, 3.63) is 59.7 Å². The molecule has 1 unspecified atom stereocenters. The molecular formula is C18H20N2. The molecule has 0 aromatic heterocycles. The van der Waals surface area contributed by atoms with Gasteiger partial charge in [-0.2, -0.15) is 0 Å². The Hall–Kier alpha value is -1.64. The zero-order valence-corrected chi connectivity index (χ0v) is 11.6. The van der Waals surface area contributed by atoms with E-state index in [9.17, 15) is 0 Å². The second-order valence-electron chi connectivity index (χ2n) is 5.85. The number of benzene rings is 2. The van der Waals surface area contributed by atoms with Crippen molar-refractivity contribution in [1.82, 2.24) is 4.90 Å². The molecule has 1 aliphatic carbocycles. The minimum Gasteiger partial charge on any atom is -0.329 e. The zero-order valence-electron chi connectivity index (χ0n) is 11.6. The SMILES string of the molecule is NCC1CCCN1C1c2ccccc2-c2ccccc21. The predicted octanol–water partition coefficient (Wildman–Crippen LogP) is 3.18. The van der Waals surface area contributed by atoms with Crippen molar-refractivity contribution in [2.75, 3.05) is 13.1 Å². The van der Waals surface area contributed by atoms with Crippen LogP contribution in [0.1, 0.15) is 30.0 Å². The monoisotopic (exact) mass is 264 g/mol. The van der Waals surface area contributed by atoms with Crippen molar-refractivity contribution in [3.63, 3.8) is 0 Å². The predicted molar refractivity (Wildman–Crippen MR) is 82.5 cm³/mol. The quantitative estimate of drug-likeness (QED) is 0.902. The van der Waals surface area contributed by atoms with E-state index < -0.39 is 0 Å². The van der Waals surface area contributed by atoms with E-state index in [1.54, 1.807) is 0 Å². The van der Waals surface area contributed by atoms with Crippen molar-refractivity contribution < 1.29 is 0 Å². The fourth-order valence-electron chi connectivity index (χ4n) is 3.94. The van der Waals surface area contributed by atoms with Gasteiger partial charge in [0.15, 0.2) is 0 Å². The molecule has 2 nitrogen and oxygen atoms in total.